The highest BCUT2D eigenvalue weighted by atomic mass is 16.5. The molecular weight excluding hydrogens is 370 g/mol. The molecule has 0 spiro atoms. The van der Waals surface area contributed by atoms with E-state index >= 15 is 0 Å². The summed E-state index contributed by atoms with van der Waals surface area (Å²) in [7, 11) is 0. The average Bonchev–Trinajstić information content (AvgIpc) is 3.27. The topological polar surface area (TPSA) is 77.7 Å². The highest BCUT2D eigenvalue weighted by Gasteiger charge is 2.33. The molecule has 1 atom stereocenters. The standard InChI is InChI=1S/C22H23N3O4/c1-13-11-16(20-14(2)24-29-21(20)23-13)22(26)25-8-3-5-17(25)15-6-7-18-19(12-15)28-10-4-9-27-18/h6-7,11-12,17H,3-5,8-10H2,1-2H3/t17-/m1/s1. The van der Waals surface area contributed by atoms with Crippen molar-refractivity contribution in [1.29, 1.82) is 0 Å². The van der Waals surface area contributed by atoms with E-state index in [4.69, 9.17) is 14.0 Å². The van der Waals surface area contributed by atoms with Gasteiger partial charge >= 0.3 is 0 Å². The van der Waals surface area contributed by atoms with E-state index in [-0.39, 0.29) is 11.9 Å². The lowest BCUT2D eigenvalue weighted by Gasteiger charge is -2.26. The quantitative estimate of drug-likeness (QED) is 0.655. The minimum absolute atomic E-state index is 0.00309. The molecular formula is C22H23N3O4. The summed E-state index contributed by atoms with van der Waals surface area (Å²) in [6.45, 7) is 5.72. The summed E-state index contributed by atoms with van der Waals surface area (Å²) in [6.07, 6.45) is 2.75. The van der Waals surface area contributed by atoms with Crippen LogP contribution >= 0.6 is 0 Å². The Hall–Kier alpha value is -3.09. The minimum atomic E-state index is -0.0126. The number of aromatic nitrogens is 2. The van der Waals surface area contributed by atoms with E-state index in [1.54, 1.807) is 0 Å². The number of likely N-dealkylation sites (tertiary alicyclic amines) is 1. The number of ether oxygens (including phenoxy) is 2. The number of nitrogens with zero attached hydrogens (tertiary/aromatic N) is 3. The lowest BCUT2D eigenvalue weighted by atomic mass is 10.0. The van der Waals surface area contributed by atoms with Crippen LogP contribution < -0.4 is 9.47 Å². The van der Waals surface area contributed by atoms with Crippen LogP contribution in [-0.2, 0) is 0 Å². The van der Waals surface area contributed by atoms with Gasteiger partial charge in [-0.3, -0.25) is 4.79 Å². The van der Waals surface area contributed by atoms with E-state index in [1.807, 2.05) is 43.0 Å². The Morgan fingerprint density at radius 3 is 2.79 bits per heavy atom. The molecule has 0 unspecified atom stereocenters. The highest BCUT2D eigenvalue weighted by molar-refractivity contribution is 6.06. The zero-order chi connectivity index (χ0) is 20.0. The molecule has 1 fully saturated rings. The first-order chi connectivity index (χ1) is 14.1. The van der Waals surface area contributed by atoms with Gasteiger partial charge in [0, 0.05) is 18.7 Å². The number of pyridine rings is 1. The van der Waals surface area contributed by atoms with Crippen molar-refractivity contribution in [3.05, 3.63) is 46.8 Å². The third-order valence-corrected chi connectivity index (χ3v) is 5.65. The predicted octanol–water partition coefficient (Wildman–Crippen LogP) is 3.98. The van der Waals surface area contributed by atoms with Crippen LogP contribution in [-0.4, -0.2) is 40.7 Å². The van der Waals surface area contributed by atoms with Crippen LogP contribution in [0.25, 0.3) is 11.1 Å². The first-order valence-corrected chi connectivity index (χ1v) is 10.1. The Bertz CT molecular complexity index is 1090. The minimum Gasteiger partial charge on any atom is -0.490 e. The van der Waals surface area contributed by atoms with Gasteiger partial charge in [-0.15, -0.1) is 0 Å². The van der Waals surface area contributed by atoms with Crippen LogP contribution in [0.15, 0.2) is 28.8 Å². The molecule has 2 aromatic heterocycles. The van der Waals surface area contributed by atoms with Gasteiger partial charge in [0.15, 0.2) is 11.5 Å². The monoisotopic (exact) mass is 393 g/mol. The van der Waals surface area contributed by atoms with Gasteiger partial charge in [-0.25, -0.2) is 4.98 Å². The molecule has 3 aromatic rings. The van der Waals surface area contributed by atoms with Gasteiger partial charge < -0.3 is 18.9 Å². The fraction of sp³-hybridized carbons (Fsp3) is 0.409. The molecule has 1 saturated heterocycles. The molecule has 0 radical (unpaired) electrons. The molecule has 0 bridgehead atoms. The largest absolute Gasteiger partial charge is 0.490 e. The predicted molar refractivity (Wildman–Crippen MR) is 106 cm³/mol. The molecule has 0 N–H and O–H groups in total. The SMILES string of the molecule is Cc1cc(C(=O)N2CCC[C@@H]2c2ccc3c(c2)OCCCO3)c2c(C)noc2n1. The Morgan fingerprint density at radius 2 is 1.93 bits per heavy atom. The van der Waals surface area contributed by atoms with Gasteiger partial charge in [0.05, 0.1) is 35.9 Å². The van der Waals surface area contributed by atoms with E-state index in [0.717, 1.165) is 42.0 Å². The van der Waals surface area contributed by atoms with Crippen LogP contribution in [0.3, 0.4) is 0 Å². The zero-order valence-corrected chi connectivity index (χ0v) is 16.6. The van der Waals surface area contributed by atoms with Crippen LogP contribution in [0.5, 0.6) is 11.5 Å². The summed E-state index contributed by atoms with van der Waals surface area (Å²) < 4.78 is 16.9. The second kappa shape index (κ2) is 7.06. The maximum atomic E-state index is 13.6. The van der Waals surface area contributed by atoms with Gasteiger partial charge in [0.25, 0.3) is 11.6 Å². The molecule has 7 heteroatoms. The molecule has 5 rings (SSSR count). The number of hydrogen-bond acceptors (Lipinski definition) is 6. The number of aryl methyl sites for hydroxylation is 2. The van der Waals surface area contributed by atoms with Crippen LogP contribution in [0.4, 0.5) is 0 Å². The van der Waals surface area contributed by atoms with Crippen LogP contribution in [0.2, 0.25) is 0 Å². The first kappa shape index (κ1) is 18.0. The Morgan fingerprint density at radius 1 is 1.10 bits per heavy atom. The lowest BCUT2D eigenvalue weighted by molar-refractivity contribution is 0.0737. The van der Waals surface area contributed by atoms with Gasteiger partial charge in [0.2, 0.25) is 0 Å². The molecule has 150 valence electrons. The van der Waals surface area contributed by atoms with Crippen molar-refractivity contribution < 1.29 is 18.8 Å². The number of rotatable bonds is 2. The van der Waals surface area contributed by atoms with E-state index in [1.165, 1.54) is 0 Å². The van der Waals surface area contributed by atoms with Crippen molar-refractivity contribution in [1.82, 2.24) is 15.0 Å². The maximum absolute atomic E-state index is 13.6. The number of amides is 1. The fourth-order valence-corrected chi connectivity index (χ4v) is 4.28. The first-order valence-electron chi connectivity index (χ1n) is 10.1. The maximum Gasteiger partial charge on any atom is 0.258 e. The Labute approximate surface area is 168 Å². The molecule has 1 aromatic carbocycles. The highest BCUT2D eigenvalue weighted by Crippen LogP contribution is 2.39. The van der Waals surface area contributed by atoms with E-state index in [2.05, 4.69) is 10.1 Å². The van der Waals surface area contributed by atoms with Crippen molar-refractivity contribution in [2.75, 3.05) is 19.8 Å². The number of fused-ring (bicyclic) bond motifs is 2. The summed E-state index contributed by atoms with van der Waals surface area (Å²) >= 11 is 0. The Kier molecular flexibility index (Phi) is 4.38. The smallest absolute Gasteiger partial charge is 0.258 e. The van der Waals surface area contributed by atoms with E-state index in [9.17, 15) is 4.79 Å². The van der Waals surface area contributed by atoms with Crippen molar-refractivity contribution in [2.45, 2.75) is 39.2 Å². The summed E-state index contributed by atoms with van der Waals surface area (Å²) in [5.41, 5.74) is 3.51. The third-order valence-electron chi connectivity index (χ3n) is 5.65. The van der Waals surface area contributed by atoms with Gasteiger partial charge in [-0.05, 0) is 50.5 Å². The van der Waals surface area contributed by atoms with E-state index in [0.29, 0.717) is 42.1 Å². The Balaban J connectivity index is 1.51. The summed E-state index contributed by atoms with van der Waals surface area (Å²) in [5.74, 6) is 1.52. The number of hydrogen-bond donors (Lipinski definition) is 0. The lowest BCUT2D eigenvalue weighted by Crippen LogP contribution is -2.31. The third kappa shape index (κ3) is 3.10. The number of carbonyl (C=O) groups is 1. The number of benzene rings is 1. The van der Waals surface area contributed by atoms with Crippen molar-refractivity contribution in [3.63, 3.8) is 0 Å². The summed E-state index contributed by atoms with van der Waals surface area (Å²) in [6, 6.07) is 7.86. The fourth-order valence-electron chi connectivity index (χ4n) is 4.28. The summed E-state index contributed by atoms with van der Waals surface area (Å²) in [4.78, 5) is 19.9. The van der Waals surface area contributed by atoms with E-state index < -0.39 is 0 Å². The van der Waals surface area contributed by atoms with Crippen LogP contribution in [0.1, 0.15) is 52.6 Å². The zero-order valence-electron chi connectivity index (χ0n) is 16.6. The summed E-state index contributed by atoms with van der Waals surface area (Å²) in [5, 5.41) is 4.70. The van der Waals surface area contributed by atoms with Gasteiger partial charge in [-0.2, -0.15) is 0 Å². The average molecular weight is 393 g/mol. The van der Waals surface area contributed by atoms with Crippen molar-refractivity contribution in [3.8, 4) is 11.5 Å². The molecule has 1 amide bonds. The molecule has 4 heterocycles. The molecule has 7 nitrogen and oxygen atoms in total. The second-order valence-electron chi connectivity index (χ2n) is 7.67. The normalized spacial score (nSPS) is 18.8. The molecule has 2 aliphatic rings. The van der Waals surface area contributed by atoms with Crippen molar-refractivity contribution >= 4 is 17.0 Å². The molecule has 2 aliphatic heterocycles. The van der Waals surface area contributed by atoms with Gasteiger partial charge in [0.1, 0.15) is 0 Å². The van der Waals surface area contributed by atoms with Gasteiger partial charge in [-0.1, -0.05) is 11.2 Å². The molecule has 0 saturated carbocycles. The molecule has 29 heavy (non-hydrogen) atoms. The second-order valence-corrected chi connectivity index (χ2v) is 7.67. The van der Waals surface area contributed by atoms with Crippen molar-refractivity contribution in [2.24, 2.45) is 0 Å². The number of carbonyl (C=O) groups excluding carboxylic acids is 1. The molecule has 0 aliphatic carbocycles. The van der Waals surface area contributed by atoms with Crippen LogP contribution in [0, 0.1) is 13.8 Å².